The lowest BCUT2D eigenvalue weighted by Gasteiger charge is -2.33. The van der Waals surface area contributed by atoms with Crippen LogP contribution in [0.25, 0.3) is 11.1 Å². The van der Waals surface area contributed by atoms with Gasteiger partial charge in [-0.3, -0.25) is 24.0 Å². The number of methoxy groups -OCH3 is 1. The van der Waals surface area contributed by atoms with Crippen molar-refractivity contribution in [2.75, 3.05) is 157 Å². The van der Waals surface area contributed by atoms with Crippen LogP contribution >= 0.6 is 11.8 Å². The van der Waals surface area contributed by atoms with Crippen molar-refractivity contribution >= 4 is 47.4 Å². The van der Waals surface area contributed by atoms with Gasteiger partial charge < -0.3 is 82.2 Å². The third-order valence-corrected chi connectivity index (χ3v) is 22.7. The van der Waals surface area contributed by atoms with E-state index in [1.807, 2.05) is 75.4 Å². The Hall–Kier alpha value is -6.30. The van der Waals surface area contributed by atoms with Crippen LogP contribution in [0.3, 0.4) is 0 Å². The van der Waals surface area contributed by atoms with Crippen molar-refractivity contribution in [3.8, 4) is 16.9 Å². The maximum absolute atomic E-state index is 15.6. The van der Waals surface area contributed by atoms with E-state index in [4.69, 9.17) is 67.3 Å². The number of allylic oxidation sites excluding steroid dienone is 6. The van der Waals surface area contributed by atoms with Crippen LogP contribution in [0.15, 0.2) is 101 Å². The van der Waals surface area contributed by atoms with E-state index < -0.39 is 23.9 Å². The summed E-state index contributed by atoms with van der Waals surface area (Å²) in [6.07, 6.45) is 27.6. The molecule has 2 aromatic carbocycles. The number of carbonyl (C=O) groups is 5. The van der Waals surface area contributed by atoms with Gasteiger partial charge in [-0.15, -0.1) is 11.8 Å². The molecule has 8 unspecified atom stereocenters. The molecule has 1 aliphatic carbocycles. The summed E-state index contributed by atoms with van der Waals surface area (Å²) < 4.78 is 90.5. The fraction of sp³-hybridized carbons (Fsp3) is 0.663. The number of aliphatic hydroxyl groups is 1. The van der Waals surface area contributed by atoms with E-state index in [2.05, 4.69) is 24.9 Å². The zero-order chi connectivity index (χ0) is 81.5. The van der Waals surface area contributed by atoms with Crippen molar-refractivity contribution in [2.45, 2.75) is 212 Å². The maximum atomic E-state index is 15.6. The third kappa shape index (κ3) is 35.9. The Morgan fingerprint density at radius 3 is 1.96 bits per heavy atom. The normalized spacial score (nSPS) is 19.4. The zero-order valence-corrected chi connectivity index (χ0v) is 69.9. The average molecular weight is 1610 g/mol. The number of unbranched alkanes of at least 4 members (excludes halogenated alkanes) is 1. The van der Waals surface area contributed by atoms with Crippen LogP contribution in [-0.2, 0) is 82.6 Å². The molecular weight excluding hydrogens is 1480 g/mol. The van der Waals surface area contributed by atoms with Gasteiger partial charge in [-0.05, 0) is 212 Å². The Morgan fingerprint density at radius 1 is 0.693 bits per heavy atom. The van der Waals surface area contributed by atoms with E-state index in [1.165, 1.54) is 11.8 Å². The second kappa shape index (κ2) is 55.4. The molecule has 23 nitrogen and oxygen atoms in total. The Morgan fingerprint density at radius 2 is 1.33 bits per heavy atom. The summed E-state index contributed by atoms with van der Waals surface area (Å²) in [6.45, 7) is 22.7. The molecule has 3 fully saturated rings. The van der Waals surface area contributed by atoms with Gasteiger partial charge in [0.2, 0.25) is 5.78 Å². The summed E-state index contributed by atoms with van der Waals surface area (Å²) in [4.78, 5) is 72.6. The molecule has 4 heterocycles. The summed E-state index contributed by atoms with van der Waals surface area (Å²) in [6, 6.07) is 13.0. The summed E-state index contributed by atoms with van der Waals surface area (Å²) in [5.74, 6) is 1.12. The number of Topliss-reactive ketones (excluding diaryl/α,β-unsaturated/α-hetero) is 2. The molecule has 1 saturated carbocycles. The molecule has 3 N–H and O–H groups in total. The van der Waals surface area contributed by atoms with Crippen molar-refractivity contribution in [1.29, 1.82) is 0 Å². The quantitative estimate of drug-likeness (QED) is 0.0133. The molecule has 2 amide bonds. The number of ether oxygens (including phenoxy) is 13. The average Bonchev–Trinajstić information content (AvgIpc) is 1.30. The minimum Gasteiger partial charge on any atom is -0.491 e. The zero-order valence-electron chi connectivity index (χ0n) is 69.1. The summed E-state index contributed by atoms with van der Waals surface area (Å²) in [5.41, 5.74) is 11.0. The van der Waals surface area contributed by atoms with Crippen LogP contribution in [0.1, 0.15) is 178 Å². The predicted molar refractivity (Wildman–Crippen MR) is 440 cm³/mol. The number of hydrogen-bond donors (Lipinski definition) is 2. The molecule has 25 heteroatoms. The van der Waals surface area contributed by atoms with Gasteiger partial charge >= 0.3 is 0 Å². The van der Waals surface area contributed by atoms with Crippen LogP contribution in [-0.4, -0.2) is 238 Å². The van der Waals surface area contributed by atoms with Crippen LogP contribution in [0.4, 0.5) is 10.2 Å². The molecule has 0 spiro atoms. The molecule has 3 aliphatic heterocycles. The summed E-state index contributed by atoms with van der Waals surface area (Å²) >= 11 is 1.44. The summed E-state index contributed by atoms with van der Waals surface area (Å²) in [7, 11) is 1.68. The Bertz CT molecular complexity index is 3400. The lowest BCUT2D eigenvalue weighted by atomic mass is 9.83. The van der Waals surface area contributed by atoms with Crippen molar-refractivity contribution < 1.29 is 95.0 Å². The maximum Gasteiger partial charge on any atom is 0.293 e. The van der Waals surface area contributed by atoms with Gasteiger partial charge in [0.15, 0.2) is 0 Å². The van der Waals surface area contributed by atoms with E-state index in [9.17, 15) is 29.1 Å². The van der Waals surface area contributed by atoms with Gasteiger partial charge in [-0.25, -0.2) is 9.37 Å². The number of anilines is 1. The number of rotatable bonds is 57. The second-order valence-corrected chi connectivity index (χ2v) is 31.8. The smallest absolute Gasteiger partial charge is 0.293 e. The van der Waals surface area contributed by atoms with Crippen LogP contribution in [0.5, 0.6) is 5.75 Å². The highest BCUT2D eigenvalue weighted by Crippen LogP contribution is 2.35. The van der Waals surface area contributed by atoms with E-state index in [0.29, 0.717) is 199 Å². The highest BCUT2D eigenvalue weighted by molar-refractivity contribution is 7.99. The predicted octanol–water partition coefficient (Wildman–Crippen LogP) is 14.0. The molecule has 114 heavy (non-hydrogen) atoms. The Balaban J connectivity index is 0.590. The lowest BCUT2D eigenvalue weighted by molar-refractivity contribution is -0.157. The number of aromatic nitrogens is 1. The number of aliphatic hydroxyl groups excluding tert-OH is 1. The van der Waals surface area contributed by atoms with E-state index in [-0.39, 0.29) is 66.1 Å². The SMILES string of the molecule is COC(CC1CCCC(C(=O)C(=O)N2CCCCC2)O1)/C(C)=C/C=C/C=C/C(C)CC(C)C(=O)CC(O)/C(C)=C/C(C)CCC(CCC1CCC(OCCOCCOCCOCCOCCOCCOCCOCCOCCCCSc2ccc(C(=O)N3CCOc4ccc(-c5ccc(N)nc5)cc4C3)c(C)c2F)CC1)OC=O. The largest absolute Gasteiger partial charge is 0.491 e. The number of likely N-dealkylation sites (tertiary alicyclic amines) is 1. The van der Waals surface area contributed by atoms with Gasteiger partial charge in [0.25, 0.3) is 18.3 Å². The molecule has 3 aromatic rings. The molecule has 1 aromatic heterocycles. The number of ketones is 2. The van der Waals surface area contributed by atoms with Crippen molar-refractivity contribution in [2.24, 2.45) is 23.7 Å². The number of fused-ring (bicyclic) bond motifs is 1. The number of pyridine rings is 1. The van der Waals surface area contributed by atoms with E-state index >= 15 is 4.39 Å². The van der Waals surface area contributed by atoms with Crippen molar-refractivity contribution in [3.63, 3.8) is 0 Å². The first kappa shape index (κ1) is 94.8. The number of amides is 2. The highest BCUT2D eigenvalue weighted by atomic mass is 32.2. The number of hydrogen-bond acceptors (Lipinski definition) is 22. The highest BCUT2D eigenvalue weighted by Gasteiger charge is 2.36. The van der Waals surface area contributed by atoms with Crippen LogP contribution < -0.4 is 10.5 Å². The molecule has 4 aliphatic rings. The lowest BCUT2D eigenvalue weighted by Crippen LogP contribution is -2.46. The molecule has 636 valence electrons. The van der Waals surface area contributed by atoms with Gasteiger partial charge in [0, 0.05) is 79.9 Å². The first-order valence-corrected chi connectivity index (χ1v) is 42.8. The van der Waals surface area contributed by atoms with Crippen molar-refractivity contribution in [3.05, 3.63) is 119 Å². The van der Waals surface area contributed by atoms with Crippen molar-refractivity contribution in [1.82, 2.24) is 14.8 Å². The Labute approximate surface area is 681 Å². The van der Waals surface area contributed by atoms with Gasteiger partial charge in [-0.1, -0.05) is 63.3 Å². The second-order valence-electron chi connectivity index (χ2n) is 30.6. The number of nitrogen functional groups attached to an aromatic ring is 1. The fourth-order valence-electron chi connectivity index (χ4n) is 14.7. The molecule has 7 rings (SSSR count). The van der Waals surface area contributed by atoms with Gasteiger partial charge in [0.1, 0.15) is 42.0 Å². The minimum absolute atomic E-state index is 0.0318. The number of carbonyl (C=O) groups excluding carboxylic acids is 5. The number of nitrogens with two attached hydrogens (primary N) is 1. The monoisotopic (exact) mass is 1610 g/mol. The molecule has 2 saturated heterocycles. The van der Waals surface area contributed by atoms with E-state index in [1.54, 1.807) is 48.2 Å². The minimum atomic E-state index is -0.859. The number of nitrogens with zero attached hydrogens (tertiary/aromatic N) is 3. The van der Waals surface area contributed by atoms with E-state index in [0.717, 1.165) is 136 Å². The van der Waals surface area contributed by atoms with Crippen LogP contribution in [0.2, 0.25) is 0 Å². The molecular formula is C89H133FN4O19S. The molecule has 0 bridgehead atoms. The first-order chi connectivity index (χ1) is 55.4. The number of piperidine rings is 1. The number of benzene rings is 2. The standard InChI is InChI=1S/C89H133FN4O19S/c1-65(17-10-8-11-18-67(3)83(101-7)60-77-19-16-20-82(113-77)87(98)89(100)93-35-12-9-13-36-93)57-68(4)79(96)61-80(97)69(5)58-66(2)21-27-76(112-64-95)30-24-71-22-28-75(29-23-71)110-55-54-109-53-52-108-51-50-107-49-48-106-47-46-105-45-44-104-43-42-103-41-40-102-38-14-15-56-114-84-33-31-78(70(6)86(84)90)88(99)94-37-39-111-81-32-25-72(59-74(81)63-94)73-26-34-85(91)92-62-73/h8,10-11,17-18,25-26,31-34,58-59,62,64-66,68,71,75-77,80,82-83,97H,9,12-16,19-24,27-30,35-57,60-61,63H2,1-7H3,(H2,91,92)/b11-8+,17-10+,67-18+,69-58+. The topological polar surface area (TPSA) is 271 Å². The molecule has 8 atom stereocenters. The third-order valence-electron chi connectivity index (χ3n) is 21.6. The van der Waals surface area contributed by atoms with Gasteiger partial charge in [-0.2, -0.15) is 0 Å². The summed E-state index contributed by atoms with van der Waals surface area (Å²) in [5, 5.41) is 11.1. The van der Waals surface area contributed by atoms with Crippen LogP contribution in [0, 0.1) is 36.4 Å². The fourth-order valence-corrected chi connectivity index (χ4v) is 15.7. The van der Waals surface area contributed by atoms with Gasteiger partial charge in [0.05, 0.1) is 137 Å². The molecule has 0 radical (unpaired) electrons. The number of thioether (sulfide) groups is 1. The Kier molecular flexibility index (Phi) is 46.1. The number of halogens is 1. The first-order valence-electron chi connectivity index (χ1n) is 41.8.